The Hall–Kier alpha value is -3.49. The van der Waals surface area contributed by atoms with Crippen LogP contribution in [-0.4, -0.2) is 30.2 Å². The molecule has 112 valence electrons. The molecule has 0 saturated heterocycles. The Morgan fingerprint density at radius 3 is 2.35 bits per heavy atom. The number of rotatable bonds is 3. The van der Waals surface area contributed by atoms with Crippen LogP contribution in [0.15, 0.2) is 51.9 Å². The summed E-state index contributed by atoms with van der Waals surface area (Å²) in [5, 5.41) is 7.50. The summed E-state index contributed by atoms with van der Waals surface area (Å²) in [7, 11) is 0. The van der Waals surface area contributed by atoms with Gasteiger partial charge in [-0.1, -0.05) is 22.4 Å². The van der Waals surface area contributed by atoms with Crippen molar-refractivity contribution >= 4 is 0 Å². The third kappa shape index (κ3) is 2.44. The quantitative estimate of drug-likeness (QED) is 0.568. The maximum absolute atomic E-state index is 13.7. The Bertz CT molecular complexity index is 953. The van der Waals surface area contributed by atoms with Gasteiger partial charge in [-0.3, -0.25) is 4.98 Å². The fourth-order valence-corrected chi connectivity index (χ4v) is 1.89. The summed E-state index contributed by atoms with van der Waals surface area (Å²) in [5.74, 6) is -0.117. The van der Waals surface area contributed by atoms with E-state index in [-0.39, 0.29) is 29.0 Å². The Labute approximate surface area is 128 Å². The van der Waals surface area contributed by atoms with E-state index in [2.05, 4.69) is 30.2 Å². The second-order valence-electron chi connectivity index (χ2n) is 4.42. The van der Waals surface area contributed by atoms with Crippen LogP contribution in [0.1, 0.15) is 0 Å². The minimum absolute atomic E-state index is 0.00843. The zero-order chi connectivity index (χ0) is 15.6. The summed E-state index contributed by atoms with van der Waals surface area (Å²) in [6, 6.07) is 6.10. The van der Waals surface area contributed by atoms with E-state index in [9.17, 15) is 4.39 Å². The molecule has 0 bridgehead atoms. The van der Waals surface area contributed by atoms with Crippen LogP contribution in [0, 0.1) is 5.82 Å². The predicted octanol–water partition coefficient (Wildman–Crippen LogP) is 2.38. The van der Waals surface area contributed by atoms with Crippen LogP contribution in [0.4, 0.5) is 4.39 Å². The fourth-order valence-electron chi connectivity index (χ4n) is 1.89. The lowest BCUT2D eigenvalue weighted by Crippen LogP contribution is -1.87. The van der Waals surface area contributed by atoms with Crippen molar-refractivity contribution in [2.45, 2.75) is 0 Å². The van der Waals surface area contributed by atoms with E-state index in [4.69, 9.17) is 9.05 Å². The topological polar surface area (TPSA) is 104 Å². The average Bonchev–Trinajstić information content (AvgIpc) is 3.25. The molecule has 3 aromatic heterocycles. The summed E-state index contributed by atoms with van der Waals surface area (Å²) < 4.78 is 23.8. The number of benzene rings is 1. The maximum Gasteiger partial charge on any atom is 0.316 e. The first-order valence-electron chi connectivity index (χ1n) is 6.50. The molecule has 9 heteroatoms. The van der Waals surface area contributed by atoms with Gasteiger partial charge in [0.25, 0.3) is 0 Å². The Kier molecular flexibility index (Phi) is 3.08. The number of hydrogen-bond acceptors (Lipinski definition) is 8. The molecule has 4 aromatic rings. The summed E-state index contributed by atoms with van der Waals surface area (Å²) in [4.78, 5) is 16.2. The van der Waals surface area contributed by atoms with Crippen molar-refractivity contribution in [2.75, 3.05) is 0 Å². The highest BCUT2D eigenvalue weighted by Gasteiger charge is 2.19. The highest BCUT2D eigenvalue weighted by atomic mass is 19.1. The molecule has 23 heavy (non-hydrogen) atoms. The van der Waals surface area contributed by atoms with Crippen LogP contribution in [0.25, 0.3) is 34.7 Å². The minimum Gasteiger partial charge on any atom is -0.328 e. The summed E-state index contributed by atoms with van der Waals surface area (Å²) in [5.41, 5.74) is 0.660. The lowest BCUT2D eigenvalue weighted by Gasteiger charge is -1.94. The normalized spacial score (nSPS) is 10.8. The van der Waals surface area contributed by atoms with Crippen LogP contribution in [0.2, 0.25) is 0 Å². The van der Waals surface area contributed by atoms with Gasteiger partial charge in [-0.05, 0) is 12.1 Å². The van der Waals surface area contributed by atoms with E-state index >= 15 is 0 Å². The van der Waals surface area contributed by atoms with Crippen molar-refractivity contribution in [3.63, 3.8) is 0 Å². The van der Waals surface area contributed by atoms with Gasteiger partial charge < -0.3 is 9.05 Å². The van der Waals surface area contributed by atoms with Crippen LogP contribution < -0.4 is 0 Å². The van der Waals surface area contributed by atoms with Gasteiger partial charge in [0.05, 0.1) is 11.8 Å². The van der Waals surface area contributed by atoms with Crippen molar-refractivity contribution < 1.29 is 13.4 Å². The third-order valence-electron chi connectivity index (χ3n) is 2.94. The van der Waals surface area contributed by atoms with Gasteiger partial charge in [0.2, 0.25) is 11.6 Å². The Morgan fingerprint density at radius 1 is 0.870 bits per heavy atom. The van der Waals surface area contributed by atoms with Gasteiger partial charge in [-0.15, -0.1) is 0 Å². The molecule has 0 N–H and O–H groups in total. The summed E-state index contributed by atoms with van der Waals surface area (Å²) in [6.45, 7) is 0. The highest BCUT2D eigenvalue weighted by molar-refractivity contribution is 5.57. The van der Waals surface area contributed by atoms with Crippen LogP contribution in [0.3, 0.4) is 0 Å². The molecule has 1 aromatic carbocycles. The first kappa shape index (κ1) is 13.2. The molecule has 0 aliphatic rings. The van der Waals surface area contributed by atoms with Crippen molar-refractivity contribution in [3.8, 4) is 34.7 Å². The lowest BCUT2D eigenvalue weighted by atomic mass is 10.2. The molecule has 0 aliphatic carbocycles. The summed E-state index contributed by atoms with van der Waals surface area (Å²) >= 11 is 0. The molecule has 0 amide bonds. The fraction of sp³-hybridized carbons (Fsp3) is 0. The molecule has 0 radical (unpaired) electrons. The number of halogens is 1. The van der Waals surface area contributed by atoms with E-state index in [1.165, 1.54) is 24.7 Å². The molecule has 0 aliphatic heterocycles. The van der Waals surface area contributed by atoms with Gasteiger partial charge in [0.1, 0.15) is 11.5 Å². The highest BCUT2D eigenvalue weighted by Crippen LogP contribution is 2.24. The van der Waals surface area contributed by atoms with Gasteiger partial charge in [-0.2, -0.15) is 9.97 Å². The van der Waals surface area contributed by atoms with Gasteiger partial charge in [-0.25, -0.2) is 9.37 Å². The zero-order valence-electron chi connectivity index (χ0n) is 11.4. The second kappa shape index (κ2) is 5.37. The molecule has 4 rings (SSSR count). The lowest BCUT2D eigenvalue weighted by molar-refractivity contribution is 0.383. The van der Waals surface area contributed by atoms with Crippen molar-refractivity contribution in [1.82, 2.24) is 30.2 Å². The standard InChI is InChI=1S/C14H7FN6O2/c15-9-4-2-1-3-8(9)11-18-13(22-20-11)14-19-12(21-23-14)10-7-16-5-6-17-10/h1-7H. The molecular weight excluding hydrogens is 303 g/mol. The molecule has 0 atom stereocenters. The van der Waals surface area contributed by atoms with E-state index < -0.39 is 5.82 Å². The molecular formula is C14H7FN6O2. The molecule has 0 fully saturated rings. The number of hydrogen-bond donors (Lipinski definition) is 0. The summed E-state index contributed by atoms with van der Waals surface area (Å²) in [6.07, 6.45) is 4.53. The smallest absolute Gasteiger partial charge is 0.316 e. The SMILES string of the molecule is Fc1ccccc1-c1noc(-c2nc(-c3cnccn3)no2)n1. The third-order valence-corrected chi connectivity index (χ3v) is 2.94. The van der Waals surface area contributed by atoms with Crippen molar-refractivity contribution in [2.24, 2.45) is 0 Å². The van der Waals surface area contributed by atoms with E-state index in [0.29, 0.717) is 5.69 Å². The Balaban J connectivity index is 1.68. The van der Waals surface area contributed by atoms with Crippen molar-refractivity contribution in [1.29, 1.82) is 0 Å². The Morgan fingerprint density at radius 2 is 1.61 bits per heavy atom. The second-order valence-corrected chi connectivity index (χ2v) is 4.42. The molecule has 0 unspecified atom stereocenters. The van der Waals surface area contributed by atoms with Gasteiger partial charge in [0.15, 0.2) is 0 Å². The van der Waals surface area contributed by atoms with E-state index in [1.54, 1.807) is 18.2 Å². The first-order valence-corrected chi connectivity index (χ1v) is 6.50. The van der Waals surface area contributed by atoms with Gasteiger partial charge >= 0.3 is 11.8 Å². The molecule has 0 saturated carbocycles. The van der Waals surface area contributed by atoms with Gasteiger partial charge in [0, 0.05) is 12.4 Å². The van der Waals surface area contributed by atoms with E-state index in [1.807, 2.05) is 0 Å². The molecule has 3 heterocycles. The maximum atomic E-state index is 13.7. The number of nitrogens with zero attached hydrogens (tertiary/aromatic N) is 6. The monoisotopic (exact) mass is 310 g/mol. The van der Waals surface area contributed by atoms with Crippen LogP contribution in [0.5, 0.6) is 0 Å². The zero-order valence-corrected chi connectivity index (χ0v) is 11.4. The van der Waals surface area contributed by atoms with Crippen LogP contribution in [-0.2, 0) is 0 Å². The van der Waals surface area contributed by atoms with E-state index in [0.717, 1.165) is 0 Å². The largest absolute Gasteiger partial charge is 0.328 e. The molecule has 0 spiro atoms. The van der Waals surface area contributed by atoms with Crippen LogP contribution >= 0.6 is 0 Å². The average molecular weight is 310 g/mol. The first-order chi connectivity index (χ1) is 11.3. The number of aromatic nitrogens is 6. The van der Waals surface area contributed by atoms with Crippen molar-refractivity contribution in [3.05, 3.63) is 48.7 Å². The predicted molar refractivity (Wildman–Crippen MR) is 74.0 cm³/mol. The minimum atomic E-state index is -0.453. The molecule has 8 nitrogen and oxygen atoms in total.